The number of aromatic nitrogens is 2. The van der Waals surface area contributed by atoms with E-state index in [2.05, 4.69) is 5.10 Å². The lowest BCUT2D eigenvalue weighted by molar-refractivity contribution is 0.417. The Hall–Kier alpha value is -1.29. The molecule has 16 heavy (non-hydrogen) atoms. The van der Waals surface area contributed by atoms with Gasteiger partial charge in [-0.25, -0.2) is 4.68 Å². The van der Waals surface area contributed by atoms with Gasteiger partial charge in [0.05, 0.1) is 12.0 Å². The van der Waals surface area contributed by atoms with E-state index in [1.807, 2.05) is 26.8 Å². The predicted octanol–water partition coefficient (Wildman–Crippen LogP) is 2.61. The predicted molar refractivity (Wildman–Crippen MR) is 63.9 cm³/mol. The molecule has 0 saturated heterocycles. The molecule has 1 rings (SSSR count). The van der Waals surface area contributed by atoms with Gasteiger partial charge in [-0.05, 0) is 26.3 Å². The Labute approximate surface area is 99.5 Å². The summed E-state index contributed by atoms with van der Waals surface area (Å²) < 4.78 is 6.70. The molecule has 1 aromatic heterocycles. The summed E-state index contributed by atoms with van der Waals surface area (Å²) in [5.41, 5.74) is -0.328. The molecular weight excluding hydrogens is 228 g/mol. The van der Waals surface area contributed by atoms with Crippen molar-refractivity contribution in [2.45, 2.75) is 33.7 Å². The monoisotopic (exact) mass is 242 g/mol. The second-order valence-electron chi connectivity index (χ2n) is 3.27. The zero-order valence-electron chi connectivity index (χ0n) is 9.66. The van der Waals surface area contributed by atoms with Gasteiger partial charge < -0.3 is 4.74 Å². The van der Waals surface area contributed by atoms with Crippen molar-refractivity contribution < 1.29 is 4.74 Å². The van der Waals surface area contributed by atoms with Crippen LogP contribution in [0.5, 0.6) is 5.75 Å². The van der Waals surface area contributed by atoms with Crippen LogP contribution in [0.1, 0.15) is 27.2 Å². The first-order chi connectivity index (χ1) is 7.60. The normalized spacial score (nSPS) is 11.6. The number of ether oxygens (including phenoxy) is 1. The van der Waals surface area contributed by atoms with E-state index in [9.17, 15) is 4.79 Å². The van der Waals surface area contributed by atoms with Crippen LogP contribution in [0.4, 0.5) is 0 Å². The summed E-state index contributed by atoms with van der Waals surface area (Å²) >= 11 is 5.90. The summed E-state index contributed by atoms with van der Waals surface area (Å²) in [6.45, 7) is 6.13. The van der Waals surface area contributed by atoms with Crippen LogP contribution < -0.4 is 10.3 Å². The lowest BCUT2D eigenvalue weighted by atomic mass is 10.4. The molecule has 88 valence electrons. The van der Waals surface area contributed by atoms with Gasteiger partial charge in [-0.2, -0.15) is 5.10 Å². The van der Waals surface area contributed by atoms with Crippen molar-refractivity contribution >= 4 is 11.6 Å². The maximum Gasteiger partial charge on any atom is 0.289 e. The molecule has 0 fully saturated rings. The van der Waals surface area contributed by atoms with Gasteiger partial charge in [0.15, 0.2) is 10.8 Å². The fourth-order valence-corrected chi connectivity index (χ4v) is 1.43. The number of aryl methyl sites for hydroxylation is 1. The van der Waals surface area contributed by atoms with Crippen molar-refractivity contribution in [1.29, 1.82) is 0 Å². The van der Waals surface area contributed by atoms with Gasteiger partial charge in [0.25, 0.3) is 5.56 Å². The number of nitrogens with zero attached hydrogens (tertiary/aromatic N) is 2. The highest BCUT2D eigenvalue weighted by Gasteiger charge is 2.09. The minimum atomic E-state index is -0.328. The summed E-state index contributed by atoms with van der Waals surface area (Å²) in [5.74, 6) is 1.01. The first-order valence-electron chi connectivity index (χ1n) is 5.20. The zero-order chi connectivity index (χ0) is 12.1. The van der Waals surface area contributed by atoms with E-state index < -0.39 is 0 Å². The second kappa shape index (κ2) is 5.70. The lowest BCUT2D eigenvalue weighted by Gasteiger charge is -2.08. The van der Waals surface area contributed by atoms with Crippen LogP contribution >= 0.6 is 11.6 Å². The molecule has 0 radical (unpaired) electrons. The molecule has 0 aromatic carbocycles. The average molecular weight is 243 g/mol. The zero-order valence-corrected chi connectivity index (χ0v) is 10.4. The summed E-state index contributed by atoms with van der Waals surface area (Å²) in [6.07, 6.45) is 4.23. The molecule has 0 unspecified atom stereocenters. The van der Waals surface area contributed by atoms with Gasteiger partial charge in [0.2, 0.25) is 0 Å². The summed E-state index contributed by atoms with van der Waals surface area (Å²) in [7, 11) is 0. The molecule has 4 nitrogen and oxygen atoms in total. The Bertz CT molecular complexity index is 452. The first-order valence-corrected chi connectivity index (χ1v) is 5.58. The lowest BCUT2D eigenvalue weighted by Crippen LogP contribution is -2.22. The van der Waals surface area contributed by atoms with Gasteiger partial charge in [-0.3, -0.25) is 4.79 Å². The fourth-order valence-electron chi connectivity index (χ4n) is 1.25. The van der Waals surface area contributed by atoms with E-state index in [0.29, 0.717) is 18.1 Å². The number of hydrogen-bond donors (Lipinski definition) is 0. The largest absolute Gasteiger partial charge is 0.459 e. The van der Waals surface area contributed by atoms with Crippen LogP contribution in [0.25, 0.3) is 0 Å². The molecule has 0 aliphatic heterocycles. The molecule has 0 atom stereocenters. The summed E-state index contributed by atoms with van der Waals surface area (Å²) in [5, 5.41) is 4.01. The van der Waals surface area contributed by atoms with Gasteiger partial charge in [-0.1, -0.05) is 18.5 Å². The Morgan fingerprint density at radius 1 is 1.62 bits per heavy atom. The highest BCUT2D eigenvalue weighted by Crippen LogP contribution is 2.20. The Morgan fingerprint density at radius 2 is 2.31 bits per heavy atom. The Morgan fingerprint density at radius 3 is 2.88 bits per heavy atom. The van der Waals surface area contributed by atoms with E-state index in [-0.39, 0.29) is 10.6 Å². The fraction of sp³-hybridized carbons (Fsp3) is 0.455. The number of rotatable bonds is 4. The molecule has 0 bridgehead atoms. The SMILES string of the molecule is CC/C=C(\C)Oc1cnn(CC)c(=O)c1Cl. The standard InChI is InChI=1S/C11H15ClN2O2/c1-4-6-8(3)16-9-7-13-14(5-2)11(15)10(9)12/h6-7H,4-5H2,1-3H3/b8-6+. The average Bonchev–Trinajstić information content (AvgIpc) is 2.25. The highest BCUT2D eigenvalue weighted by molar-refractivity contribution is 6.31. The van der Waals surface area contributed by atoms with Gasteiger partial charge in [0.1, 0.15) is 0 Å². The third-order valence-electron chi connectivity index (χ3n) is 2.01. The van der Waals surface area contributed by atoms with Crippen LogP contribution in [-0.2, 0) is 6.54 Å². The second-order valence-corrected chi connectivity index (χ2v) is 3.65. The third kappa shape index (κ3) is 2.85. The molecule has 1 aromatic rings. The molecular formula is C11H15ClN2O2. The molecule has 0 N–H and O–H groups in total. The van der Waals surface area contributed by atoms with E-state index in [1.54, 1.807) is 0 Å². The quantitative estimate of drug-likeness (QED) is 0.763. The van der Waals surface area contributed by atoms with Crippen molar-refractivity contribution in [2.24, 2.45) is 0 Å². The number of halogens is 1. The van der Waals surface area contributed by atoms with Crippen molar-refractivity contribution in [3.05, 3.63) is 33.4 Å². The van der Waals surface area contributed by atoms with E-state index in [0.717, 1.165) is 6.42 Å². The Balaban J connectivity index is 3.04. The van der Waals surface area contributed by atoms with Gasteiger partial charge >= 0.3 is 0 Å². The molecule has 0 spiro atoms. The van der Waals surface area contributed by atoms with Crippen molar-refractivity contribution in [1.82, 2.24) is 9.78 Å². The van der Waals surface area contributed by atoms with Crippen LogP contribution in [0.15, 0.2) is 22.8 Å². The van der Waals surface area contributed by atoms with Crippen LogP contribution in [0, 0.1) is 0 Å². The van der Waals surface area contributed by atoms with E-state index in [4.69, 9.17) is 16.3 Å². The first kappa shape index (κ1) is 12.8. The topological polar surface area (TPSA) is 44.1 Å². The van der Waals surface area contributed by atoms with Crippen LogP contribution in [-0.4, -0.2) is 9.78 Å². The molecule has 0 aliphatic carbocycles. The molecule has 0 amide bonds. The maximum atomic E-state index is 11.6. The van der Waals surface area contributed by atoms with Crippen molar-refractivity contribution in [3.63, 3.8) is 0 Å². The van der Waals surface area contributed by atoms with E-state index in [1.165, 1.54) is 10.9 Å². The smallest absolute Gasteiger partial charge is 0.289 e. The molecule has 1 heterocycles. The van der Waals surface area contributed by atoms with Gasteiger partial charge in [0, 0.05) is 6.54 Å². The maximum absolute atomic E-state index is 11.6. The van der Waals surface area contributed by atoms with Crippen LogP contribution in [0.2, 0.25) is 5.02 Å². The number of allylic oxidation sites excluding steroid dienone is 2. The van der Waals surface area contributed by atoms with E-state index >= 15 is 0 Å². The minimum absolute atomic E-state index is 0.0701. The van der Waals surface area contributed by atoms with Gasteiger partial charge in [-0.15, -0.1) is 0 Å². The molecule has 0 saturated carbocycles. The summed E-state index contributed by atoms with van der Waals surface area (Å²) in [4.78, 5) is 11.6. The molecule has 5 heteroatoms. The minimum Gasteiger partial charge on any atom is -0.459 e. The van der Waals surface area contributed by atoms with Crippen molar-refractivity contribution in [2.75, 3.05) is 0 Å². The van der Waals surface area contributed by atoms with Crippen LogP contribution in [0.3, 0.4) is 0 Å². The summed E-state index contributed by atoms with van der Waals surface area (Å²) in [6, 6.07) is 0. The number of hydrogen-bond acceptors (Lipinski definition) is 3. The highest BCUT2D eigenvalue weighted by atomic mass is 35.5. The molecule has 0 aliphatic rings. The third-order valence-corrected chi connectivity index (χ3v) is 2.36. The Kier molecular flexibility index (Phi) is 4.55. The van der Waals surface area contributed by atoms with Crippen molar-refractivity contribution in [3.8, 4) is 5.75 Å².